The largest absolute Gasteiger partial charge is 0.492 e. The summed E-state index contributed by atoms with van der Waals surface area (Å²) in [5, 5.41) is 1.07. The number of hydrogen-bond donors (Lipinski definition) is 1. The molecule has 3 nitrogen and oxygen atoms in total. The number of nitrogens with one attached hydrogen (secondary N) is 1. The molecule has 1 N–H and O–H groups in total. The topological polar surface area (TPSA) is 37.9 Å². The zero-order valence-corrected chi connectivity index (χ0v) is 7.86. The first-order chi connectivity index (χ1) is 6.90. The highest BCUT2D eigenvalue weighted by molar-refractivity contribution is 5.76. The Morgan fingerprint density at radius 2 is 2.50 bits per heavy atom. The Labute approximate surface area is 82.4 Å². The SMILES string of the molecule is C=CCCOc1cnc2[nH]ccc2c1. The number of H-pyrrole nitrogens is 1. The lowest BCUT2D eigenvalue weighted by Crippen LogP contribution is -1.95. The molecule has 0 spiro atoms. The molecule has 2 aromatic rings. The predicted molar refractivity (Wildman–Crippen MR) is 56.4 cm³/mol. The van der Waals surface area contributed by atoms with Gasteiger partial charge in [0.25, 0.3) is 0 Å². The van der Waals surface area contributed by atoms with Gasteiger partial charge in [-0.15, -0.1) is 6.58 Å². The van der Waals surface area contributed by atoms with E-state index in [1.54, 1.807) is 6.20 Å². The van der Waals surface area contributed by atoms with E-state index in [9.17, 15) is 0 Å². The number of hydrogen-bond acceptors (Lipinski definition) is 2. The second-order valence-electron chi connectivity index (χ2n) is 3.01. The lowest BCUT2D eigenvalue weighted by atomic mass is 10.3. The molecule has 3 heteroatoms. The molecule has 0 unspecified atom stereocenters. The summed E-state index contributed by atoms with van der Waals surface area (Å²) < 4.78 is 5.48. The highest BCUT2D eigenvalue weighted by atomic mass is 16.5. The fraction of sp³-hybridized carbons (Fsp3) is 0.182. The summed E-state index contributed by atoms with van der Waals surface area (Å²) in [5.41, 5.74) is 0.890. The van der Waals surface area contributed by atoms with Gasteiger partial charge in [-0.25, -0.2) is 4.98 Å². The van der Waals surface area contributed by atoms with E-state index in [1.807, 2.05) is 24.4 Å². The molecule has 2 rings (SSSR count). The molecule has 72 valence electrons. The lowest BCUT2D eigenvalue weighted by Gasteiger charge is -2.03. The quantitative estimate of drug-likeness (QED) is 0.591. The molecule has 0 saturated heterocycles. The van der Waals surface area contributed by atoms with Crippen molar-refractivity contribution in [3.8, 4) is 5.75 Å². The first kappa shape index (κ1) is 8.81. The van der Waals surface area contributed by atoms with Crippen molar-refractivity contribution in [2.75, 3.05) is 6.61 Å². The van der Waals surface area contributed by atoms with Crippen LogP contribution in [0.25, 0.3) is 11.0 Å². The summed E-state index contributed by atoms with van der Waals surface area (Å²) >= 11 is 0. The van der Waals surface area contributed by atoms with E-state index in [2.05, 4.69) is 16.5 Å². The van der Waals surface area contributed by atoms with Crippen molar-refractivity contribution in [1.29, 1.82) is 0 Å². The van der Waals surface area contributed by atoms with Crippen LogP contribution >= 0.6 is 0 Å². The van der Waals surface area contributed by atoms with E-state index >= 15 is 0 Å². The molecule has 0 amide bonds. The van der Waals surface area contributed by atoms with E-state index in [4.69, 9.17) is 4.74 Å². The molecular weight excluding hydrogens is 176 g/mol. The summed E-state index contributed by atoms with van der Waals surface area (Å²) in [7, 11) is 0. The second kappa shape index (κ2) is 3.96. The third-order valence-electron chi connectivity index (χ3n) is 1.97. The number of aromatic amines is 1. The fourth-order valence-electron chi connectivity index (χ4n) is 1.26. The molecule has 0 fully saturated rings. The predicted octanol–water partition coefficient (Wildman–Crippen LogP) is 2.52. The van der Waals surface area contributed by atoms with Gasteiger partial charge in [-0.3, -0.25) is 0 Å². The van der Waals surface area contributed by atoms with Gasteiger partial charge in [0, 0.05) is 11.6 Å². The molecule has 14 heavy (non-hydrogen) atoms. The molecular formula is C11H12N2O. The van der Waals surface area contributed by atoms with Gasteiger partial charge < -0.3 is 9.72 Å². The monoisotopic (exact) mass is 188 g/mol. The van der Waals surface area contributed by atoms with Crippen molar-refractivity contribution >= 4 is 11.0 Å². The van der Waals surface area contributed by atoms with Gasteiger partial charge in [-0.1, -0.05) is 6.08 Å². The molecule has 0 aromatic carbocycles. The number of rotatable bonds is 4. The highest BCUT2D eigenvalue weighted by Crippen LogP contribution is 2.16. The molecule has 0 radical (unpaired) electrons. The smallest absolute Gasteiger partial charge is 0.138 e. The third kappa shape index (κ3) is 1.76. The van der Waals surface area contributed by atoms with Crippen LogP contribution in [0.3, 0.4) is 0 Å². The van der Waals surface area contributed by atoms with Crippen molar-refractivity contribution in [2.45, 2.75) is 6.42 Å². The molecule has 0 aliphatic heterocycles. The van der Waals surface area contributed by atoms with Gasteiger partial charge in [0.05, 0.1) is 12.8 Å². The molecule has 0 atom stereocenters. The Morgan fingerprint density at radius 3 is 3.36 bits per heavy atom. The van der Waals surface area contributed by atoms with Crippen molar-refractivity contribution in [1.82, 2.24) is 9.97 Å². The number of fused-ring (bicyclic) bond motifs is 1. The number of pyridine rings is 1. The van der Waals surface area contributed by atoms with Crippen LogP contribution in [0.1, 0.15) is 6.42 Å². The average molecular weight is 188 g/mol. The number of nitrogens with zero attached hydrogens (tertiary/aromatic N) is 1. The molecule has 0 aliphatic carbocycles. The maximum Gasteiger partial charge on any atom is 0.138 e. The van der Waals surface area contributed by atoms with Gasteiger partial charge in [0.2, 0.25) is 0 Å². The average Bonchev–Trinajstić information content (AvgIpc) is 2.65. The Bertz CT molecular complexity index is 434. The minimum Gasteiger partial charge on any atom is -0.492 e. The maximum absolute atomic E-state index is 5.48. The Balaban J connectivity index is 2.13. The van der Waals surface area contributed by atoms with E-state index in [1.165, 1.54) is 0 Å². The van der Waals surface area contributed by atoms with E-state index in [0.717, 1.165) is 23.2 Å². The fourth-order valence-corrected chi connectivity index (χ4v) is 1.26. The maximum atomic E-state index is 5.48. The van der Waals surface area contributed by atoms with Gasteiger partial charge in [-0.2, -0.15) is 0 Å². The standard InChI is InChI=1S/C11H12N2O/c1-2-3-6-14-10-7-9-4-5-12-11(9)13-8-10/h2,4-5,7-8H,1,3,6H2,(H,12,13). The van der Waals surface area contributed by atoms with Crippen molar-refractivity contribution < 1.29 is 4.74 Å². The van der Waals surface area contributed by atoms with Gasteiger partial charge >= 0.3 is 0 Å². The number of ether oxygens (including phenoxy) is 1. The first-order valence-corrected chi connectivity index (χ1v) is 4.57. The van der Waals surface area contributed by atoms with Crippen LogP contribution in [0.2, 0.25) is 0 Å². The highest BCUT2D eigenvalue weighted by Gasteiger charge is 1.98. The van der Waals surface area contributed by atoms with Crippen molar-refractivity contribution in [3.63, 3.8) is 0 Å². The van der Waals surface area contributed by atoms with Crippen LogP contribution in [0.15, 0.2) is 37.2 Å². The van der Waals surface area contributed by atoms with Crippen LogP contribution in [0.5, 0.6) is 5.75 Å². The van der Waals surface area contributed by atoms with E-state index < -0.39 is 0 Å². The molecule has 2 heterocycles. The van der Waals surface area contributed by atoms with Crippen LogP contribution in [0.4, 0.5) is 0 Å². The molecule has 0 saturated carbocycles. The number of aromatic nitrogens is 2. The Hall–Kier alpha value is -1.77. The van der Waals surface area contributed by atoms with Crippen LogP contribution in [0, 0.1) is 0 Å². The van der Waals surface area contributed by atoms with Crippen LogP contribution < -0.4 is 4.74 Å². The minimum atomic E-state index is 0.654. The van der Waals surface area contributed by atoms with Crippen molar-refractivity contribution in [3.05, 3.63) is 37.2 Å². The van der Waals surface area contributed by atoms with Gasteiger partial charge in [0.1, 0.15) is 11.4 Å². The van der Waals surface area contributed by atoms with Crippen molar-refractivity contribution in [2.24, 2.45) is 0 Å². The first-order valence-electron chi connectivity index (χ1n) is 4.57. The molecule has 2 aromatic heterocycles. The summed E-state index contributed by atoms with van der Waals surface area (Å²) in [6.07, 6.45) is 6.28. The van der Waals surface area contributed by atoms with Gasteiger partial charge in [0.15, 0.2) is 0 Å². The summed E-state index contributed by atoms with van der Waals surface area (Å²) in [4.78, 5) is 7.24. The van der Waals surface area contributed by atoms with Crippen LogP contribution in [-0.4, -0.2) is 16.6 Å². The summed E-state index contributed by atoms with van der Waals surface area (Å²) in [5.74, 6) is 0.805. The summed E-state index contributed by atoms with van der Waals surface area (Å²) in [6, 6.07) is 3.95. The van der Waals surface area contributed by atoms with Gasteiger partial charge in [-0.05, 0) is 18.6 Å². The molecule has 0 aliphatic rings. The van der Waals surface area contributed by atoms with Crippen LogP contribution in [-0.2, 0) is 0 Å². The Kier molecular flexibility index (Phi) is 2.49. The third-order valence-corrected chi connectivity index (χ3v) is 1.97. The Morgan fingerprint density at radius 1 is 1.57 bits per heavy atom. The minimum absolute atomic E-state index is 0.654. The lowest BCUT2D eigenvalue weighted by molar-refractivity contribution is 0.324. The van der Waals surface area contributed by atoms with E-state index in [0.29, 0.717) is 6.61 Å². The normalized spacial score (nSPS) is 10.3. The van der Waals surface area contributed by atoms with E-state index in [-0.39, 0.29) is 0 Å². The zero-order chi connectivity index (χ0) is 9.80. The summed E-state index contributed by atoms with van der Waals surface area (Å²) in [6.45, 7) is 4.29. The second-order valence-corrected chi connectivity index (χ2v) is 3.01. The zero-order valence-electron chi connectivity index (χ0n) is 7.86. The molecule has 0 bridgehead atoms.